The van der Waals surface area contributed by atoms with Gasteiger partial charge in [-0.25, -0.2) is 12.7 Å². The number of hydrogen-bond acceptors (Lipinski definition) is 4. The number of piperidine rings is 2. The summed E-state index contributed by atoms with van der Waals surface area (Å²) in [5.41, 5.74) is 0.640. The Morgan fingerprint density at radius 2 is 1.76 bits per heavy atom. The van der Waals surface area contributed by atoms with Gasteiger partial charge in [0.25, 0.3) is 5.91 Å². The molecule has 2 aliphatic heterocycles. The van der Waals surface area contributed by atoms with Crippen LogP contribution in [0.1, 0.15) is 49.4 Å². The van der Waals surface area contributed by atoms with Crippen molar-refractivity contribution < 1.29 is 18.0 Å². The minimum absolute atomic E-state index is 0.0502. The number of hydrogen-bond donors (Lipinski definition) is 1. The highest BCUT2D eigenvalue weighted by atomic mass is 32.2. The highest BCUT2D eigenvalue weighted by Gasteiger charge is 2.35. The summed E-state index contributed by atoms with van der Waals surface area (Å²) in [5.74, 6) is -0.153. The zero-order valence-electron chi connectivity index (χ0n) is 17.0. The van der Waals surface area contributed by atoms with Crippen molar-refractivity contribution in [1.29, 1.82) is 0 Å². The van der Waals surface area contributed by atoms with Gasteiger partial charge in [-0.1, -0.05) is 25.1 Å². The van der Waals surface area contributed by atoms with Crippen molar-refractivity contribution in [2.45, 2.75) is 45.1 Å². The average Bonchev–Trinajstić information content (AvgIpc) is 2.74. The standard InChI is InChI=1S/C21H31N3O4S/c1-2-15-29(27,28)24-12-6-9-18(16-24)21(26)23-13-10-19(11-14-23)22-20(25)17-7-4-3-5-8-17/h3-5,7-8,18-19H,2,6,9-16H2,1H3,(H,22,25)/t18-/m1/s1. The molecule has 2 fully saturated rings. The summed E-state index contributed by atoms with van der Waals surface area (Å²) in [5, 5.41) is 3.05. The van der Waals surface area contributed by atoms with Crippen LogP contribution in [0.25, 0.3) is 0 Å². The van der Waals surface area contributed by atoms with E-state index in [1.54, 1.807) is 12.1 Å². The topological polar surface area (TPSA) is 86.8 Å². The smallest absolute Gasteiger partial charge is 0.251 e. The first kappa shape index (κ1) is 21.8. The lowest BCUT2D eigenvalue weighted by Gasteiger charge is -2.37. The zero-order chi connectivity index (χ0) is 20.9. The van der Waals surface area contributed by atoms with Gasteiger partial charge in [0.05, 0.1) is 11.7 Å². The average molecular weight is 422 g/mol. The van der Waals surface area contributed by atoms with Crippen molar-refractivity contribution in [3.05, 3.63) is 35.9 Å². The highest BCUT2D eigenvalue weighted by molar-refractivity contribution is 7.89. The Balaban J connectivity index is 1.50. The molecule has 3 rings (SSSR count). The van der Waals surface area contributed by atoms with Crippen LogP contribution in [0.3, 0.4) is 0 Å². The first-order valence-corrected chi connectivity index (χ1v) is 12.1. The molecular formula is C21H31N3O4S. The molecule has 8 heteroatoms. The molecule has 0 radical (unpaired) electrons. The van der Waals surface area contributed by atoms with E-state index >= 15 is 0 Å². The van der Waals surface area contributed by atoms with Gasteiger partial charge in [-0.15, -0.1) is 0 Å². The fraction of sp³-hybridized carbons (Fsp3) is 0.619. The van der Waals surface area contributed by atoms with Crippen LogP contribution in [0.2, 0.25) is 0 Å². The number of sulfonamides is 1. The largest absolute Gasteiger partial charge is 0.349 e. The third kappa shape index (κ3) is 5.57. The first-order valence-electron chi connectivity index (χ1n) is 10.5. The number of carbonyl (C=O) groups is 2. The second-order valence-corrected chi connectivity index (χ2v) is 10.0. The second kappa shape index (κ2) is 9.71. The van der Waals surface area contributed by atoms with Crippen molar-refractivity contribution >= 4 is 21.8 Å². The van der Waals surface area contributed by atoms with E-state index in [-0.39, 0.29) is 29.5 Å². The van der Waals surface area contributed by atoms with Crippen molar-refractivity contribution in [2.75, 3.05) is 31.9 Å². The number of likely N-dealkylation sites (tertiary alicyclic amines) is 1. The number of nitrogens with one attached hydrogen (secondary N) is 1. The highest BCUT2D eigenvalue weighted by Crippen LogP contribution is 2.23. The maximum absolute atomic E-state index is 13.0. The minimum Gasteiger partial charge on any atom is -0.349 e. The second-order valence-electron chi connectivity index (χ2n) is 7.95. The number of amides is 2. The van der Waals surface area contributed by atoms with Crippen LogP contribution in [0, 0.1) is 5.92 Å². The normalized spacial score (nSPS) is 21.7. The van der Waals surface area contributed by atoms with Crippen LogP contribution >= 0.6 is 0 Å². The van der Waals surface area contributed by atoms with Crippen molar-refractivity contribution in [3.8, 4) is 0 Å². The van der Waals surface area contributed by atoms with Gasteiger partial charge in [-0.2, -0.15) is 0 Å². The minimum atomic E-state index is -3.26. The number of benzene rings is 1. The maximum atomic E-state index is 13.0. The van der Waals surface area contributed by atoms with Gasteiger partial charge in [0, 0.05) is 37.8 Å². The predicted molar refractivity (Wildman–Crippen MR) is 112 cm³/mol. The summed E-state index contributed by atoms with van der Waals surface area (Å²) in [6.45, 7) is 3.85. The molecular weight excluding hydrogens is 390 g/mol. The van der Waals surface area contributed by atoms with E-state index in [9.17, 15) is 18.0 Å². The van der Waals surface area contributed by atoms with Gasteiger partial charge >= 0.3 is 0 Å². The number of nitrogens with zero attached hydrogens (tertiary/aromatic N) is 2. The molecule has 2 saturated heterocycles. The Hall–Kier alpha value is -1.93. The van der Waals surface area contributed by atoms with Gasteiger partial charge in [0.15, 0.2) is 0 Å². The zero-order valence-corrected chi connectivity index (χ0v) is 17.9. The molecule has 1 N–H and O–H groups in total. The lowest BCUT2D eigenvalue weighted by atomic mass is 9.96. The quantitative estimate of drug-likeness (QED) is 0.760. The lowest BCUT2D eigenvalue weighted by Crippen LogP contribution is -2.51. The molecule has 0 aliphatic carbocycles. The SMILES string of the molecule is CCCS(=O)(=O)N1CCC[C@@H](C(=O)N2CCC(NC(=O)c3ccccc3)CC2)C1. The van der Waals surface area contributed by atoms with E-state index in [4.69, 9.17) is 0 Å². The third-order valence-electron chi connectivity index (χ3n) is 5.77. The van der Waals surface area contributed by atoms with Crippen molar-refractivity contribution in [2.24, 2.45) is 5.92 Å². The molecule has 0 spiro atoms. The van der Waals surface area contributed by atoms with Gasteiger partial charge < -0.3 is 10.2 Å². The van der Waals surface area contributed by atoms with Gasteiger partial charge in [0.2, 0.25) is 15.9 Å². The van der Waals surface area contributed by atoms with E-state index in [1.165, 1.54) is 4.31 Å². The summed E-state index contributed by atoms with van der Waals surface area (Å²) in [6.07, 6.45) is 3.48. The molecule has 1 atom stereocenters. The van der Waals surface area contributed by atoms with Crippen LogP contribution in [0.15, 0.2) is 30.3 Å². The van der Waals surface area contributed by atoms with E-state index < -0.39 is 10.0 Å². The summed E-state index contributed by atoms with van der Waals surface area (Å²) < 4.78 is 26.2. The molecule has 7 nitrogen and oxygen atoms in total. The lowest BCUT2D eigenvalue weighted by molar-refractivity contribution is -0.137. The van der Waals surface area contributed by atoms with E-state index in [1.807, 2.05) is 30.0 Å². The number of carbonyl (C=O) groups excluding carboxylic acids is 2. The molecule has 2 heterocycles. The Morgan fingerprint density at radius 3 is 2.41 bits per heavy atom. The Labute approximate surface area is 173 Å². The van der Waals surface area contributed by atoms with Crippen LogP contribution in [-0.4, -0.2) is 67.4 Å². The fourth-order valence-corrected chi connectivity index (χ4v) is 5.73. The summed E-state index contributed by atoms with van der Waals surface area (Å²) >= 11 is 0. The monoisotopic (exact) mass is 421 g/mol. The van der Waals surface area contributed by atoms with Crippen LogP contribution < -0.4 is 5.32 Å². The number of rotatable bonds is 6. The summed E-state index contributed by atoms with van der Waals surface area (Å²) in [4.78, 5) is 27.1. The van der Waals surface area contributed by atoms with Crippen LogP contribution in [-0.2, 0) is 14.8 Å². The molecule has 2 amide bonds. The molecule has 0 saturated carbocycles. The van der Waals surface area contributed by atoms with Crippen molar-refractivity contribution in [3.63, 3.8) is 0 Å². The van der Waals surface area contributed by atoms with Crippen LogP contribution in [0.4, 0.5) is 0 Å². The molecule has 0 unspecified atom stereocenters. The Bertz CT molecular complexity index is 804. The molecule has 1 aromatic carbocycles. The Morgan fingerprint density at radius 1 is 1.07 bits per heavy atom. The molecule has 29 heavy (non-hydrogen) atoms. The Kier molecular flexibility index (Phi) is 7.29. The van der Waals surface area contributed by atoms with Crippen molar-refractivity contribution in [1.82, 2.24) is 14.5 Å². The third-order valence-corrected chi connectivity index (χ3v) is 7.81. The van der Waals surface area contributed by atoms with Gasteiger partial charge in [-0.05, 0) is 44.2 Å². The van der Waals surface area contributed by atoms with Crippen LogP contribution in [0.5, 0.6) is 0 Å². The molecule has 1 aromatic rings. The summed E-state index contributed by atoms with van der Waals surface area (Å²) in [7, 11) is -3.26. The summed E-state index contributed by atoms with van der Waals surface area (Å²) in [6, 6.07) is 9.18. The fourth-order valence-electron chi connectivity index (χ4n) is 4.14. The van der Waals surface area contributed by atoms with E-state index in [0.29, 0.717) is 38.2 Å². The molecule has 0 aromatic heterocycles. The van der Waals surface area contributed by atoms with E-state index in [2.05, 4.69) is 5.32 Å². The predicted octanol–water partition coefficient (Wildman–Crippen LogP) is 1.86. The first-order chi connectivity index (χ1) is 13.9. The van der Waals surface area contributed by atoms with Gasteiger partial charge in [-0.3, -0.25) is 9.59 Å². The van der Waals surface area contributed by atoms with E-state index in [0.717, 1.165) is 25.7 Å². The maximum Gasteiger partial charge on any atom is 0.251 e. The molecule has 2 aliphatic rings. The molecule has 0 bridgehead atoms. The van der Waals surface area contributed by atoms with Gasteiger partial charge in [0.1, 0.15) is 0 Å². The molecule has 160 valence electrons.